The third kappa shape index (κ3) is 3.73. The average molecular weight is 322 g/mol. The number of hydrogen-bond acceptors (Lipinski definition) is 2. The number of benzene rings is 1. The number of aliphatic hydroxyl groups is 1. The lowest BCUT2D eigenvalue weighted by molar-refractivity contribution is 0.125. The minimum absolute atomic E-state index is 0.144. The van der Waals surface area contributed by atoms with Crippen LogP contribution in [0.4, 0.5) is 8.78 Å². The smallest absolute Gasteiger partial charge is 0.145 e. The molecule has 0 spiro atoms. The van der Waals surface area contributed by atoms with Gasteiger partial charge in [-0.3, -0.25) is 0 Å². The largest absolute Gasteiger partial charge is 0.391 e. The highest BCUT2D eigenvalue weighted by molar-refractivity contribution is 9.10. The lowest BCUT2D eigenvalue weighted by atomic mass is 9.95. The van der Waals surface area contributed by atoms with Crippen LogP contribution in [0.25, 0.3) is 0 Å². The van der Waals surface area contributed by atoms with Gasteiger partial charge in [-0.2, -0.15) is 0 Å². The van der Waals surface area contributed by atoms with Gasteiger partial charge in [-0.05, 0) is 46.8 Å². The fourth-order valence-corrected chi connectivity index (χ4v) is 2.07. The summed E-state index contributed by atoms with van der Waals surface area (Å²) in [6.45, 7) is 4.02. The average Bonchev–Trinajstić information content (AvgIpc) is 2.31. The maximum Gasteiger partial charge on any atom is 0.145 e. The molecule has 2 nitrogen and oxygen atoms in total. The molecule has 5 heteroatoms. The highest BCUT2D eigenvalue weighted by Crippen LogP contribution is 2.28. The molecule has 1 aromatic carbocycles. The molecule has 0 aliphatic heterocycles. The Balaban J connectivity index is 2.89. The Morgan fingerprint density at radius 2 is 1.89 bits per heavy atom. The van der Waals surface area contributed by atoms with Gasteiger partial charge in [-0.25, -0.2) is 8.78 Å². The Morgan fingerprint density at radius 3 is 2.44 bits per heavy atom. The molecule has 0 saturated carbocycles. The van der Waals surface area contributed by atoms with Crippen LogP contribution in [0.1, 0.15) is 38.3 Å². The van der Waals surface area contributed by atoms with Crippen LogP contribution in [0.3, 0.4) is 0 Å². The fourth-order valence-electron chi connectivity index (χ4n) is 1.72. The molecule has 0 unspecified atom stereocenters. The highest BCUT2D eigenvalue weighted by Gasteiger charge is 2.24. The lowest BCUT2D eigenvalue weighted by Crippen LogP contribution is -2.28. The minimum atomic E-state index is -1.05. The summed E-state index contributed by atoms with van der Waals surface area (Å²) in [6, 6.07) is 1.36. The molecule has 3 N–H and O–H groups in total. The second kappa shape index (κ2) is 6.59. The van der Waals surface area contributed by atoms with Crippen LogP contribution >= 0.6 is 15.9 Å². The molecule has 102 valence electrons. The van der Waals surface area contributed by atoms with E-state index >= 15 is 0 Å². The SMILES string of the molecule is CC(C)CC[C@@H](O)[C@@H](N)c1c(F)ccc(Br)c1F. The molecule has 0 aliphatic rings. The summed E-state index contributed by atoms with van der Waals surface area (Å²) in [5.74, 6) is -1.07. The molecule has 0 saturated heterocycles. The first-order chi connectivity index (χ1) is 8.34. The third-order valence-electron chi connectivity index (χ3n) is 2.87. The normalized spacial score (nSPS) is 14.9. The topological polar surface area (TPSA) is 46.2 Å². The molecule has 0 fully saturated rings. The maximum absolute atomic E-state index is 13.8. The standard InChI is InChI=1S/C13H18BrF2NO/c1-7(2)3-6-10(18)13(17)11-9(15)5-4-8(14)12(11)16/h4-5,7,10,13,18H,3,6,17H2,1-2H3/t10-,13-/m1/s1. The van der Waals surface area contributed by atoms with Gasteiger partial charge in [0, 0.05) is 5.56 Å². The first kappa shape index (κ1) is 15.5. The van der Waals surface area contributed by atoms with Crippen molar-refractivity contribution >= 4 is 15.9 Å². The summed E-state index contributed by atoms with van der Waals surface area (Å²) < 4.78 is 27.5. The van der Waals surface area contributed by atoms with E-state index < -0.39 is 23.8 Å². The van der Waals surface area contributed by atoms with Crippen LogP contribution in [0, 0.1) is 17.6 Å². The van der Waals surface area contributed by atoms with Crippen molar-refractivity contribution in [3.63, 3.8) is 0 Å². The van der Waals surface area contributed by atoms with E-state index in [2.05, 4.69) is 15.9 Å². The van der Waals surface area contributed by atoms with Crippen LogP contribution in [0.15, 0.2) is 16.6 Å². The molecule has 0 bridgehead atoms. The van der Waals surface area contributed by atoms with E-state index in [1.54, 1.807) is 0 Å². The van der Waals surface area contributed by atoms with Crippen molar-refractivity contribution in [3.05, 3.63) is 33.8 Å². The van der Waals surface area contributed by atoms with Crippen molar-refractivity contribution < 1.29 is 13.9 Å². The van der Waals surface area contributed by atoms with Gasteiger partial charge in [0.15, 0.2) is 0 Å². The van der Waals surface area contributed by atoms with Crippen molar-refractivity contribution in [2.24, 2.45) is 11.7 Å². The van der Waals surface area contributed by atoms with Crippen LogP contribution in [-0.4, -0.2) is 11.2 Å². The number of hydrogen-bond donors (Lipinski definition) is 2. The summed E-state index contributed by atoms with van der Waals surface area (Å²) in [5.41, 5.74) is 5.48. The van der Waals surface area contributed by atoms with E-state index in [0.29, 0.717) is 12.3 Å². The maximum atomic E-state index is 13.8. The van der Waals surface area contributed by atoms with Crippen molar-refractivity contribution in [2.75, 3.05) is 0 Å². The van der Waals surface area contributed by atoms with Crippen molar-refractivity contribution in [2.45, 2.75) is 38.8 Å². The Hall–Kier alpha value is -0.520. The minimum Gasteiger partial charge on any atom is -0.391 e. The second-order valence-corrected chi connectivity index (χ2v) is 5.68. The van der Waals surface area contributed by atoms with Gasteiger partial charge in [0.25, 0.3) is 0 Å². The summed E-state index contributed by atoms with van der Waals surface area (Å²) >= 11 is 2.98. The fraction of sp³-hybridized carbons (Fsp3) is 0.538. The van der Waals surface area contributed by atoms with Crippen LogP contribution in [0.2, 0.25) is 0 Å². The highest BCUT2D eigenvalue weighted by atomic mass is 79.9. The molecular formula is C13H18BrF2NO. The Labute approximate surface area is 114 Å². The summed E-state index contributed by atoms with van der Waals surface area (Å²) in [5, 5.41) is 9.89. The molecule has 1 aromatic rings. The van der Waals surface area contributed by atoms with E-state index in [1.807, 2.05) is 13.8 Å². The van der Waals surface area contributed by atoms with Gasteiger partial charge in [0.1, 0.15) is 11.6 Å². The van der Waals surface area contributed by atoms with Gasteiger partial charge < -0.3 is 10.8 Å². The van der Waals surface area contributed by atoms with E-state index in [4.69, 9.17) is 5.73 Å². The number of halogens is 3. The quantitative estimate of drug-likeness (QED) is 0.815. The second-order valence-electron chi connectivity index (χ2n) is 4.82. The van der Waals surface area contributed by atoms with E-state index in [-0.39, 0.29) is 10.0 Å². The number of rotatable bonds is 5. The first-order valence-corrected chi connectivity index (χ1v) is 6.71. The van der Waals surface area contributed by atoms with Crippen molar-refractivity contribution in [1.29, 1.82) is 0 Å². The van der Waals surface area contributed by atoms with Crippen LogP contribution in [-0.2, 0) is 0 Å². The zero-order valence-electron chi connectivity index (χ0n) is 10.5. The van der Waals surface area contributed by atoms with Crippen molar-refractivity contribution in [3.8, 4) is 0 Å². The van der Waals surface area contributed by atoms with Gasteiger partial charge >= 0.3 is 0 Å². The molecule has 18 heavy (non-hydrogen) atoms. The van der Waals surface area contributed by atoms with E-state index in [0.717, 1.165) is 12.5 Å². The third-order valence-corrected chi connectivity index (χ3v) is 3.48. The van der Waals surface area contributed by atoms with Crippen LogP contribution < -0.4 is 5.73 Å². The molecule has 2 atom stereocenters. The number of aliphatic hydroxyl groups excluding tert-OH is 1. The molecule has 0 aliphatic carbocycles. The Bertz CT molecular complexity index is 412. The summed E-state index contributed by atoms with van der Waals surface area (Å²) in [6.07, 6.45) is 0.224. The van der Waals surface area contributed by atoms with E-state index in [9.17, 15) is 13.9 Å². The Kier molecular flexibility index (Phi) is 5.69. The zero-order chi connectivity index (χ0) is 13.9. The van der Waals surface area contributed by atoms with Crippen LogP contribution in [0.5, 0.6) is 0 Å². The van der Waals surface area contributed by atoms with E-state index in [1.165, 1.54) is 6.07 Å². The molecule has 0 heterocycles. The van der Waals surface area contributed by atoms with Crippen molar-refractivity contribution in [1.82, 2.24) is 0 Å². The first-order valence-electron chi connectivity index (χ1n) is 5.91. The predicted octanol–water partition coefficient (Wildman–Crippen LogP) is 3.52. The van der Waals surface area contributed by atoms with Gasteiger partial charge in [-0.1, -0.05) is 13.8 Å². The molecule has 0 amide bonds. The summed E-state index contributed by atoms with van der Waals surface area (Å²) in [4.78, 5) is 0. The van der Waals surface area contributed by atoms with Gasteiger partial charge in [-0.15, -0.1) is 0 Å². The van der Waals surface area contributed by atoms with Gasteiger partial charge in [0.2, 0.25) is 0 Å². The molecule has 0 radical (unpaired) electrons. The Morgan fingerprint density at radius 1 is 1.28 bits per heavy atom. The molecule has 1 rings (SSSR count). The number of nitrogens with two attached hydrogens (primary N) is 1. The lowest BCUT2D eigenvalue weighted by Gasteiger charge is -2.21. The monoisotopic (exact) mass is 321 g/mol. The summed E-state index contributed by atoms with van der Waals surface area (Å²) in [7, 11) is 0. The predicted molar refractivity (Wildman–Crippen MR) is 71.1 cm³/mol. The van der Waals surface area contributed by atoms with Gasteiger partial charge in [0.05, 0.1) is 16.6 Å². The molecule has 0 aromatic heterocycles. The zero-order valence-corrected chi connectivity index (χ0v) is 12.0. The molecular weight excluding hydrogens is 304 g/mol.